The summed E-state index contributed by atoms with van der Waals surface area (Å²) in [6, 6.07) is 7.97. The SMILES string of the molecule is CCN=CSCC(O)c1ccc(C)cc1. The van der Waals surface area contributed by atoms with Crippen molar-refractivity contribution in [2.75, 3.05) is 12.3 Å². The number of hydrogen-bond donors (Lipinski definition) is 1. The summed E-state index contributed by atoms with van der Waals surface area (Å²) in [4.78, 5) is 4.08. The molecule has 0 spiro atoms. The van der Waals surface area contributed by atoms with E-state index in [-0.39, 0.29) is 0 Å². The summed E-state index contributed by atoms with van der Waals surface area (Å²) >= 11 is 1.54. The molecule has 1 atom stereocenters. The first-order valence-corrected chi connectivity index (χ1v) is 6.13. The molecule has 3 heteroatoms. The van der Waals surface area contributed by atoms with Gasteiger partial charge in [0, 0.05) is 12.3 Å². The van der Waals surface area contributed by atoms with Crippen molar-refractivity contribution in [3.8, 4) is 0 Å². The van der Waals surface area contributed by atoms with E-state index in [0.717, 1.165) is 12.1 Å². The standard InChI is InChI=1S/C12H17NOS/c1-3-13-9-15-8-12(14)11-6-4-10(2)5-7-11/h4-7,9,12,14H,3,8H2,1-2H3. The summed E-state index contributed by atoms with van der Waals surface area (Å²) in [5.74, 6) is 0.659. The van der Waals surface area contributed by atoms with E-state index in [4.69, 9.17) is 0 Å². The number of aliphatic hydroxyl groups excluding tert-OH is 1. The van der Waals surface area contributed by atoms with E-state index >= 15 is 0 Å². The predicted molar refractivity (Wildman–Crippen MR) is 67.6 cm³/mol. The van der Waals surface area contributed by atoms with Crippen molar-refractivity contribution in [2.24, 2.45) is 4.99 Å². The fourth-order valence-corrected chi connectivity index (χ4v) is 1.86. The summed E-state index contributed by atoms with van der Waals surface area (Å²) in [6.07, 6.45) is -0.404. The molecule has 0 radical (unpaired) electrons. The van der Waals surface area contributed by atoms with Crippen molar-refractivity contribution in [2.45, 2.75) is 20.0 Å². The highest BCUT2D eigenvalue weighted by atomic mass is 32.2. The highest BCUT2D eigenvalue weighted by molar-refractivity contribution is 8.12. The van der Waals surface area contributed by atoms with Gasteiger partial charge in [-0.2, -0.15) is 0 Å². The molecule has 15 heavy (non-hydrogen) atoms. The third kappa shape index (κ3) is 4.49. The zero-order valence-corrected chi connectivity index (χ0v) is 10.00. The Balaban J connectivity index is 2.43. The highest BCUT2D eigenvalue weighted by Gasteiger charge is 2.05. The Morgan fingerprint density at radius 2 is 2.07 bits per heavy atom. The fraction of sp³-hybridized carbons (Fsp3) is 0.417. The normalized spacial score (nSPS) is 13.3. The Hall–Kier alpha value is -0.800. The molecule has 0 heterocycles. The first-order valence-electron chi connectivity index (χ1n) is 5.08. The number of aliphatic hydroxyl groups is 1. The maximum Gasteiger partial charge on any atom is 0.0884 e. The van der Waals surface area contributed by atoms with Crippen molar-refractivity contribution >= 4 is 17.3 Å². The van der Waals surface area contributed by atoms with Crippen LogP contribution in [-0.4, -0.2) is 23.0 Å². The second-order valence-corrected chi connectivity index (χ2v) is 4.24. The van der Waals surface area contributed by atoms with E-state index in [0.29, 0.717) is 5.75 Å². The van der Waals surface area contributed by atoms with Crippen LogP contribution < -0.4 is 0 Å². The quantitative estimate of drug-likeness (QED) is 0.615. The minimum absolute atomic E-state index is 0.404. The number of aliphatic imine (C=N–C) groups is 1. The van der Waals surface area contributed by atoms with Gasteiger partial charge in [0.15, 0.2) is 0 Å². The minimum atomic E-state index is -0.404. The van der Waals surface area contributed by atoms with Crippen LogP contribution in [0.15, 0.2) is 29.3 Å². The first kappa shape index (κ1) is 12.3. The average Bonchev–Trinajstić information content (AvgIpc) is 2.25. The zero-order chi connectivity index (χ0) is 11.1. The molecule has 0 saturated carbocycles. The Morgan fingerprint density at radius 3 is 2.67 bits per heavy atom. The predicted octanol–water partition coefficient (Wildman–Crippen LogP) is 2.81. The van der Waals surface area contributed by atoms with Crippen LogP contribution in [-0.2, 0) is 0 Å². The second-order valence-electron chi connectivity index (χ2n) is 3.36. The Bertz CT molecular complexity index is 308. The molecule has 1 unspecified atom stereocenters. The number of rotatable bonds is 5. The topological polar surface area (TPSA) is 32.6 Å². The summed E-state index contributed by atoms with van der Waals surface area (Å²) in [6.45, 7) is 4.83. The molecule has 0 aliphatic carbocycles. The Kier molecular flexibility index (Phi) is 5.43. The molecule has 1 aromatic rings. The van der Waals surface area contributed by atoms with Crippen LogP contribution in [0.5, 0.6) is 0 Å². The van der Waals surface area contributed by atoms with Gasteiger partial charge in [-0.3, -0.25) is 4.99 Å². The van der Waals surface area contributed by atoms with Gasteiger partial charge in [-0.15, -0.1) is 11.8 Å². The third-order valence-corrected chi connectivity index (χ3v) is 2.85. The van der Waals surface area contributed by atoms with E-state index in [2.05, 4.69) is 4.99 Å². The van der Waals surface area contributed by atoms with Gasteiger partial charge in [-0.1, -0.05) is 29.8 Å². The average molecular weight is 223 g/mol. The summed E-state index contributed by atoms with van der Waals surface area (Å²) in [5, 5.41) is 9.83. The zero-order valence-electron chi connectivity index (χ0n) is 9.18. The largest absolute Gasteiger partial charge is 0.388 e. The molecular formula is C12H17NOS. The fourth-order valence-electron chi connectivity index (χ4n) is 1.15. The molecular weight excluding hydrogens is 206 g/mol. The smallest absolute Gasteiger partial charge is 0.0884 e. The van der Waals surface area contributed by atoms with Crippen LogP contribution >= 0.6 is 11.8 Å². The van der Waals surface area contributed by atoms with Gasteiger partial charge in [0.2, 0.25) is 0 Å². The van der Waals surface area contributed by atoms with Crippen molar-refractivity contribution in [1.82, 2.24) is 0 Å². The van der Waals surface area contributed by atoms with E-state index in [1.807, 2.05) is 38.1 Å². The summed E-state index contributed by atoms with van der Waals surface area (Å²) < 4.78 is 0. The second kappa shape index (κ2) is 6.64. The number of benzene rings is 1. The maximum atomic E-state index is 9.83. The lowest BCUT2D eigenvalue weighted by Gasteiger charge is -2.08. The maximum absolute atomic E-state index is 9.83. The van der Waals surface area contributed by atoms with Crippen LogP contribution in [0.25, 0.3) is 0 Å². The number of nitrogens with zero attached hydrogens (tertiary/aromatic N) is 1. The molecule has 0 aromatic heterocycles. The number of thioether (sulfide) groups is 1. The van der Waals surface area contributed by atoms with Gasteiger partial charge >= 0.3 is 0 Å². The lowest BCUT2D eigenvalue weighted by molar-refractivity contribution is 0.204. The Morgan fingerprint density at radius 1 is 1.40 bits per heavy atom. The molecule has 0 bridgehead atoms. The highest BCUT2D eigenvalue weighted by Crippen LogP contribution is 2.17. The van der Waals surface area contributed by atoms with Crippen LogP contribution in [0, 0.1) is 6.92 Å². The summed E-state index contributed by atoms with van der Waals surface area (Å²) in [5.41, 5.74) is 3.99. The van der Waals surface area contributed by atoms with Gasteiger partial charge in [-0.25, -0.2) is 0 Å². The molecule has 0 fully saturated rings. The molecule has 0 amide bonds. The molecule has 82 valence electrons. The van der Waals surface area contributed by atoms with Gasteiger partial charge in [0.1, 0.15) is 0 Å². The van der Waals surface area contributed by atoms with Crippen molar-refractivity contribution in [3.05, 3.63) is 35.4 Å². The van der Waals surface area contributed by atoms with Gasteiger partial charge < -0.3 is 5.11 Å². The van der Waals surface area contributed by atoms with Crippen molar-refractivity contribution in [3.63, 3.8) is 0 Å². The monoisotopic (exact) mass is 223 g/mol. The van der Waals surface area contributed by atoms with Gasteiger partial charge in [-0.05, 0) is 19.4 Å². The van der Waals surface area contributed by atoms with Crippen LogP contribution in [0.3, 0.4) is 0 Å². The van der Waals surface area contributed by atoms with E-state index in [1.54, 1.807) is 17.3 Å². The first-order chi connectivity index (χ1) is 7.24. The van der Waals surface area contributed by atoms with Crippen molar-refractivity contribution < 1.29 is 5.11 Å². The molecule has 1 N–H and O–H groups in total. The minimum Gasteiger partial charge on any atom is -0.388 e. The molecule has 0 saturated heterocycles. The van der Waals surface area contributed by atoms with Crippen LogP contribution in [0.4, 0.5) is 0 Å². The van der Waals surface area contributed by atoms with Crippen molar-refractivity contribution in [1.29, 1.82) is 0 Å². The van der Waals surface area contributed by atoms with Crippen LogP contribution in [0.2, 0.25) is 0 Å². The van der Waals surface area contributed by atoms with E-state index < -0.39 is 6.10 Å². The van der Waals surface area contributed by atoms with E-state index in [1.165, 1.54) is 5.56 Å². The number of hydrogen-bond acceptors (Lipinski definition) is 3. The molecule has 1 rings (SSSR count). The third-order valence-electron chi connectivity index (χ3n) is 2.05. The molecule has 0 aliphatic heterocycles. The molecule has 1 aromatic carbocycles. The van der Waals surface area contributed by atoms with Gasteiger partial charge in [0.25, 0.3) is 0 Å². The Labute approximate surface area is 95.4 Å². The lowest BCUT2D eigenvalue weighted by Crippen LogP contribution is -2.00. The van der Waals surface area contributed by atoms with Gasteiger partial charge in [0.05, 0.1) is 11.7 Å². The molecule has 0 aliphatic rings. The molecule has 2 nitrogen and oxygen atoms in total. The van der Waals surface area contributed by atoms with Crippen LogP contribution in [0.1, 0.15) is 24.2 Å². The summed E-state index contributed by atoms with van der Waals surface area (Å²) in [7, 11) is 0. The number of aryl methyl sites for hydroxylation is 1. The lowest BCUT2D eigenvalue weighted by atomic mass is 10.1. The van der Waals surface area contributed by atoms with E-state index in [9.17, 15) is 5.11 Å².